The topological polar surface area (TPSA) is 49.4 Å². The molecule has 2 rings (SSSR count). The van der Waals surface area contributed by atoms with Crippen LogP contribution in [0.5, 0.6) is 0 Å². The van der Waals surface area contributed by atoms with Gasteiger partial charge in [0.1, 0.15) is 0 Å². The van der Waals surface area contributed by atoms with Gasteiger partial charge in [-0.3, -0.25) is 4.90 Å². The van der Waals surface area contributed by atoms with Crippen molar-refractivity contribution in [2.45, 2.75) is 49.8 Å². The minimum atomic E-state index is -3.00. The molecular formula is C13H26N2O2S. The maximum Gasteiger partial charge on any atom is 0.153 e. The number of rotatable bonds is 3. The van der Waals surface area contributed by atoms with E-state index in [1.807, 2.05) is 13.8 Å². The molecule has 1 saturated carbocycles. The monoisotopic (exact) mass is 274 g/mol. The summed E-state index contributed by atoms with van der Waals surface area (Å²) < 4.78 is 22.9. The summed E-state index contributed by atoms with van der Waals surface area (Å²) in [4.78, 5) is 2.34. The lowest BCUT2D eigenvalue weighted by Gasteiger charge is -2.43. The van der Waals surface area contributed by atoms with Crippen molar-refractivity contribution >= 4 is 9.84 Å². The third-order valence-electron chi connectivity index (χ3n) is 4.62. The molecule has 106 valence electrons. The molecule has 18 heavy (non-hydrogen) atoms. The van der Waals surface area contributed by atoms with E-state index in [4.69, 9.17) is 0 Å². The molecule has 5 heteroatoms. The van der Waals surface area contributed by atoms with Gasteiger partial charge in [0, 0.05) is 38.0 Å². The molecule has 1 heterocycles. The zero-order chi connectivity index (χ0) is 13.4. The first-order valence-corrected chi connectivity index (χ1v) is 8.80. The summed E-state index contributed by atoms with van der Waals surface area (Å²) in [5, 5.41) is 3.66. The zero-order valence-electron chi connectivity index (χ0n) is 11.8. The summed E-state index contributed by atoms with van der Waals surface area (Å²) >= 11 is 0. The lowest BCUT2D eigenvalue weighted by Crippen LogP contribution is -2.61. The van der Waals surface area contributed by atoms with Crippen LogP contribution in [0.15, 0.2) is 0 Å². The van der Waals surface area contributed by atoms with Crippen LogP contribution in [0.4, 0.5) is 0 Å². The average molecular weight is 274 g/mol. The molecule has 0 aromatic rings. The van der Waals surface area contributed by atoms with Gasteiger partial charge in [-0.25, -0.2) is 8.42 Å². The van der Waals surface area contributed by atoms with Crippen molar-refractivity contribution in [1.29, 1.82) is 0 Å². The second-order valence-corrected chi connectivity index (χ2v) is 9.31. The summed E-state index contributed by atoms with van der Waals surface area (Å²) in [6.07, 6.45) is 6.43. The second kappa shape index (κ2) is 4.76. The molecule has 1 aliphatic carbocycles. The van der Waals surface area contributed by atoms with Gasteiger partial charge in [0.2, 0.25) is 0 Å². The first kappa shape index (κ1) is 14.3. The van der Waals surface area contributed by atoms with Crippen LogP contribution in [-0.4, -0.2) is 56.0 Å². The van der Waals surface area contributed by atoms with Crippen LogP contribution in [0.3, 0.4) is 0 Å². The van der Waals surface area contributed by atoms with Crippen LogP contribution >= 0.6 is 0 Å². The molecule has 4 nitrogen and oxygen atoms in total. The fraction of sp³-hybridized carbons (Fsp3) is 1.00. The zero-order valence-corrected chi connectivity index (χ0v) is 12.6. The van der Waals surface area contributed by atoms with Crippen molar-refractivity contribution in [1.82, 2.24) is 10.2 Å². The van der Waals surface area contributed by atoms with Crippen LogP contribution in [0.2, 0.25) is 0 Å². The Morgan fingerprint density at radius 1 is 1.28 bits per heavy atom. The Morgan fingerprint density at radius 3 is 2.44 bits per heavy atom. The van der Waals surface area contributed by atoms with Crippen molar-refractivity contribution < 1.29 is 8.42 Å². The van der Waals surface area contributed by atoms with E-state index in [0.717, 1.165) is 19.6 Å². The highest BCUT2D eigenvalue weighted by molar-refractivity contribution is 7.92. The van der Waals surface area contributed by atoms with Gasteiger partial charge in [0.05, 0.1) is 4.75 Å². The number of nitrogens with zero attached hydrogens (tertiary/aromatic N) is 1. The molecule has 0 radical (unpaired) electrons. The van der Waals surface area contributed by atoms with Crippen molar-refractivity contribution in [2.75, 3.05) is 32.4 Å². The largest absolute Gasteiger partial charge is 0.309 e. The van der Waals surface area contributed by atoms with Gasteiger partial charge in [0.25, 0.3) is 0 Å². The van der Waals surface area contributed by atoms with Crippen LogP contribution in [-0.2, 0) is 9.84 Å². The smallest absolute Gasteiger partial charge is 0.153 e. The SMILES string of the molecule is CC(C)(CN1CCNC2(CCCC2)C1)S(C)(=O)=O. The van der Waals surface area contributed by atoms with Crippen LogP contribution in [0.1, 0.15) is 39.5 Å². The second-order valence-electron chi connectivity index (χ2n) is 6.66. The lowest BCUT2D eigenvalue weighted by molar-refractivity contribution is 0.126. The van der Waals surface area contributed by atoms with Gasteiger partial charge < -0.3 is 5.32 Å². The first-order chi connectivity index (χ1) is 8.24. The van der Waals surface area contributed by atoms with Crippen LogP contribution < -0.4 is 5.32 Å². The summed E-state index contributed by atoms with van der Waals surface area (Å²) in [7, 11) is -3.00. The highest BCUT2D eigenvalue weighted by Crippen LogP contribution is 2.32. The Hall–Kier alpha value is -0.130. The third kappa shape index (κ3) is 2.89. The predicted octanol–water partition coefficient (Wildman–Crippen LogP) is 1.03. The average Bonchev–Trinajstić information content (AvgIpc) is 2.64. The Kier molecular flexibility index (Phi) is 3.78. The minimum Gasteiger partial charge on any atom is -0.309 e. The highest BCUT2D eigenvalue weighted by atomic mass is 32.2. The number of piperazine rings is 1. The Balaban J connectivity index is 2.02. The highest BCUT2D eigenvalue weighted by Gasteiger charge is 2.40. The van der Waals surface area contributed by atoms with E-state index in [-0.39, 0.29) is 5.54 Å². The molecule has 0 aromatic carbocycles. The Morgan fingerprint density at radius 2 is 1.89 bits per heavy atom. The van der Waals surface area contributed by atoms with Gasteiger partial charge in [-0.15, -0.1) is 0 Å². The van der Waals surface area contributed by atoms with Gasteiger partial charge in [-0.1, -0.05) is 12.8 Å². The molecule has 0 aromatic heterocycles. The summed E-state index contributed by atoms with van der Waals surface area (Å²) in [5.74, 6) is 0. The van der Waals surface area contributed by atoms with Crippen molar-refractivity contribution in [3.05, 3.63) is 0 Å². The van der Waals surface area contributed by atoms with Gasteiger partial charge in [-0.2, -0.15) is 0 Å². The lowest BCUT2D eigenvalue weighted by atomic mass is 9.94. The number of hydrogen-bond acceptors (Lipinski definition) is 4. The molecule has 2 aliphatic rings. The molecule has 1 spiro atoms. The van der Waals surface area contributed by atoms with Gasteiger partial charge in [0.15, 0.2) is 9.84 Å². The maximum atomic E-state index is 11.8. The molecule has 1 aliphatic heterocycles. The normalized spacial score (nSPS) is 25.7. The number of nitrogens with one attached hydrogen (secondary N) is 1. The summed E-state index contributed by atoms with van der Waals surface area (Å²) in [5.41, 5.74) is 0.270. The van der Waals surface area contributed by atoms with Gasteiger partial charge >= 0.3 is 0 Å². The fourth-order valence-corrected chi connectivity index (χ4v) is 3.64. The third-order valence-corrected chi connectivity index (χ3v) is 6.76. The minimum absolute atomic E-state index is 0.270. The van der Waals surface area contributed by atoms with E-state index in [9.17, 15) is 8.42 Å². The van der Waals surface area contributed by atoms with E-state index in [1.54, 1.807) is 0 Å². The van der Waals surface area contributed by atoms with Gasteiger partial charge in [-0.05, 0) is 26.7 Å². The predicted molar refractivity (Wildman–Crippen MR) is 74.6 cm³/mol. The molecule has 2 fully saturated rings. The summed E-state index contributed by atoms with van der Waals surface area (Å²) in [6, 6.07) is 0. The molecule has 0 atom stereocenters. The molecule has 0 unspecified atom stereocenters. The van der Waals surface area contributed by atoms with E-state index >= 15 is 0 Å². The quantitative estimate of drug-likeness (QED) is 0.835. The maximum absolute atomic E-state index is 11.8. The van der Waals surface area contributed by atoms with Crippen LogP contribution in [0.25, 0.3) is 0 Å². The molecule has 0 bridgehead atoms. The van der Waals surface area contributed by atoms with E-state index in [1.165, 1.54) is 31.9 Å². The van der Waals surface area contributed by atoms with Crippen molar-refractivity contribution in [3.63, 3.8) is 0 Å². The molecular weight excluding hydrogens is 248 g/mol. The Bertz CT molecular complexity index is 397. The Labute approximate surface area is 111 Å². The van der Waals surface area contributed by atoms with Crippen LogP contribution in [0, 0.1) is 0 Å². The van der Waals surface area contributed by atoms with E-state index in [0.29, 0.717) is 6.54 Å². The van der Waals surface area contributed by atoms with E-state index < -0.39 is 14.6 Å². The number of hydrogen-bond donors (Lipinski definition) is 1. The van der Waals surface area contributed by atoms with Crippen molar-refractivity contribution in [2.24, 2.45) is 0 Å². The van der Waals surface area contributed by atoms with E-state index in [2.05, 4.69) is 10.2 Å². The molecule has 0 amide bonds. The number of sulfone groups is 1. The summed E-state index contributed by atoms with van der Waals surface area (Å²) in [6.45, 7) is 7.28. The first-order valence-electron chi connectivity index (χ1n) is 6.91. The molecule has 1 N–H and O–H groups in total. The standard InChI is InChI=1S/C13H26N2O2S/c1-12(2,18(3,16)17)10-15-9-8-14-13(11-15)6-4-5-7-13/h14H,4-11H2,1-3H3. The van der Waals surface area contributed by atoms with Crippen molar-refractivity contribution in [3.8, 4) is 0 Å². The fourth-order valence-electron chi connectivity index (χ4n) is 3.22. The molecule has 1 saturated heterocycles.